The molecule has 35 heavy (non-hydrogen) atoms. The van der Waals surface area contributed by atoms with Crippen molar-refractivity contribution < 1.29 is 70.2 Å². The number of nitrogens with one attached hydrogen (secondary N) is 1. The molecule has 2 rings (SSSR count). The van der Waals surface area contributed by atoms with Gasteiger partial charge in [-0.2, -0.15) is 0 Å². The van der Waals surface area contributed by atoms with E-state index in [1.165, 1.54) is 0 Å². The molecule has 7 nitrogen and oxygen atoms in total. The first-order valence-electron chi connectivity index (χ1n) is 10.1. The summed E-state index contributed by atoms with van der Waals surface area (Å²) in [6.45, 7) is 7.19. The van der Waals surface area contributed by atoms with Gasteiger partial charge in [0.15, 0.2) is 0 Å². The molecule has 0 fully saturated rings. The van der Waals surface area contributed by atoms with E-state index in [1.807, 2.05) is 12.2 Å². The van der Waals surface area contributed by atoms with Crippen LogP contribution in [0.2, 0.25) is 0 Å². The molecule has 2 aromatic heterocycles. The van der Waals surface area contributed by atoms with Gasteiger partial charge in [0.2, 0.25) is 0 Å². The number of hydrogen-bond donors (Lipinski definition) is 2. The predicted octanol–water partition coefficient (Wildman–Crippen LogP) is 6.05. The van der Waals surface area contributed by atoms with Gasteiger partial charge in [0.1, 0.15) is 6.29 Å². The maximum atomic E-state index is 9.95. The Labute approximate surface area is 290 Å². The fourth-order valence-corrected chi connectivity index (χ4v) is 2.02. The van der Waals surface area contributed by atoms with Crippen LogP contribution >= 0.6 is 49.6 Å². The number of aryl methyl sites for hydroxylation is 2. The second kappa shape index (κ2) is 39.3. The van der Waals surface area contributed by atoms with Crippen molar-refractivity contribution in [3.05, 3.63) is 73.9 Å². The van der Waals surface area contributed by atoms with Crippen LogP contribution in [0.3, 0.4) is 0 Å². The van der Waals surface area contributed by atoms with Crippen molar-refractivity contribution in [2.75, 3.05) is 0 Å². The van der Waals surface area contributed by atoms with Crippen LogP contribution in [0.5, 0.6) is 0 Å². The minimum Gasteiger partial charge on any atom is -0.388 e. The molecule has 0 amide bonds. The van der Waals surface area contributed by atoms with Crippen molar-refractivity contribution in [2.45, 2.75) is 57.8 Å². The minimum atomic E-state index is 0. The van der Waals surface area contributed by atoms with Crippen LogP contribution in [0.1, 0.15) is 56.6 Å². The summed E-state index contributed by atoms with van der Waals surface area (Å²) < 4.78 is 0. The van der Waals surface area contributed by atoms with Gasteiger partial charge >= 0.3 is 0 Å². The van der Waals surface area contributed by atoms with E-state index in [9.17, 15) is 4.79 Å². The summed E-state index contributed by atoms with van der Waals surface area (Å²) >= 11 is 4.24. The van der Waals surface area contributed by atoms with Crippen LogP contribution < -0.4 is 5.73 Å². The van der Waals surface area contributed by atoms with Crippen LogP contribution in [0.25, 0.3) is 0 Å². The van der Waals surface area contributed by atoms with Gasteiger partial charge < -0.3 is 30.5 Å². The Kier molecular flexibility index (Phi) is 51.2. The first kappa shape index (κ1) is 45.6. The summed E-state index contributed by atoms with van der Waals surface area (Å²) in [4.78, 5) is 25.9. The average molecular weight is 877 g/mol. The number of rotatable bonds is 12. The van der Waals surface area contributed by atoms with E-state index in [4.69, 9.17) is 11.1 Å². The number of carbonyl (C=O) groups is 1. The molecule has 0 aliphatic rings. The van der Waals surface area contributed by atoms with E-state index < -0.39 is 0 Å². The maximum Gasteiger partial charge on any atom is 0.119 e. The molecule has 0 saturated carbocycles. The maximum absolute atomic E-state index is 9.95. The average Bonchev–Trinajstić information content (AvgIpc) is 2.83. The first-order valence-corrected chi connectivity index (χ1v) is 16.4. The van der Waals surface area contributed by atoms with Crippen LogP contribution in [-0.4, -0.2) is 32.1 Å². The number of nitrogens with zero attached hydrogens (tertiary/aromatic N) is 4. The third-order valence-electron chi connectivity index (χ3n) is 3.52. The van der Waals surface area contributed by atoms with E-state index in [0.717, 1.165) is 62.9 Å². The number of allylic oxidation sites excluding steroid dienone is 2. The second-order valence-corrected chi connectivity index (χ2v) is 6.15. The Morgan fingerprint density at radius 1 is 0.914 bits per heavy atom. The Morgan fingerprint density at radius 2 is 1.34 bits per heavy atom. The summed E-state index contributed by atoms with van der Waals surface area (Å²) in [7, 11) is 0. The van der Waals surface area contributed by atoms with Gasteiger partial charge in [0.05, 0.1) is 5.84 Å². The number of amidine groups is 1. The monoisotopic (exact) mass is 876 g/mol. The molecule has 0 saturated heterocycles. The molecule has 0 unspecified atom stereocenters. The van der Waals surface area contributed by atoms with Gasteiger partial charge in [-0.25, -0.2) is 0 Å². The molecule has 0 atom stereocenters. The quantitative estimate of drug-likeness (QED) is 0.0511. The van der Waals surface area contributed by atoms with Gasteiger partial charge in [0, 0.05) is 127 Å². The molecule has 0 aliphatic heterocycles. The fourth-order valence-electron chi connectivity index (χ4n) is 2.02. The number of carbonyl (C=O) groups excluding carboxylic acids is 1. The van der Waals surface area contributed by atoms with Crippen LogP contribution in [0.4, 0.5) is 0 Å². The van der Waals surface area contributed by atoms with E-state index in [2.05, 4.69) is 82.7 Å². The van der Waals surface area contributed by atoms with E-state index >= 15 is 0 Å². The summed E-state index contributed by atoms with van der Waals surface area (Å²) in [5.41, 5.74) is 5.08. The Balaban J connectivity index is -0.000000121. The van der Waals surface area contributed by atoms with Gasteiger partial charge in [0.25, 0.3) is 0 Å². The third-order valence-corrected chi connectivity index (χ3v) is 3.52. The number of hydrogen-bond acceptors (Lipinski definition) is 6. The molecule has 0 aromatic carbocycles. The van der Waals surface area contributed by atoms with Crippen LogP contribution in [0.15, 0.2) is 49.8 Å². The molecule has 2 radical (unpaired) electrons. The molecule has 2 heterocycles. The van der Waals surface area contributed by atoms with Crippen molar-refractivity contribution >= 4 is 61.8 Å². The first-order chi connectivity index (χ1) is 15.6. The summed E-state index contributed by atoms with van der Waals surface area (Å²) in [6.07, 6.45) is 21.3. The summed E-state index contributed by atoms with van der Waals surface area (Å²) in [6, 6.07) is 3.36. The Bertz CT molecular complexity index is 670. The molecular formula is C23H33ClI2N6OY2-2. The Morgan fingerprint density at radius 3 is 1.69 bits per heavy atom. The van der Waals surface area contributed by atoms with Crippen molar-refractivity contribution in [1.29, 1.82) is 5.41 Å². The zero-order valence-electron chi connectivity index (χ0n) is 19.9. The molecular weight excluding hydrogens is 843 g/mol. The number of aromatic nitrogens is 4. The zero-order chi connectivity index (χ0) is 24.3. The molecule has 2 aromatic rings. The second-order valence-electron chi connectivity index (χ2n) is 6.15. The number of unbranched alkanes of at least 4 members (excludes halogenated alkanes) is 3. The number of nitrogens with two attached hydrogens (primary N) is 1. The predicted molar refractivity (Wildman–Crippen MR) is 155 cm³/mol. The molecule has 12 heteroatoms. The van der Waals surface area contributed by atoms with Crippen LogP contribution in [-0.2, 0) is 83.1 Å². The van der Waals surface area contributed by atoms with E-state index in [-0.39, 0.29) is 83.7 Å². The third kappa shape index (κ3) is 37.0. The molecule has 3 N–H and O–H groups in total. The van der Waals surface area contributed by atoms with E-state index in [1.54, 1.807) is 24.5 Å². The Hall–Kier alpha value is 0.738. The van der Waals surface area contributed by atoms with Gasteiger partial charge in [-0.3, -0.25) is 5.41 Å². The van der Waals surface area contributed by atoms with Crippen LogP contribution in [0, 0.1) is 17.8 Å². The van der Waals surface area contributed by atoms with Crippen molar-refractivity contribution in [3.63, 3.8) is 0 Å². The van der Waals surface area contributed by atoms with Crippen molar-refractivity contribution in [3.8, 4) is 0 Å². The molecule has 0 spiro atoms. The zero-order valence-corrected chi connectivity index (χ0v) is 30.7. The van der Waals surface area contributed by atoms with Gasteiger partial charge in [-0.05, 0) is 32.1 Å². The fraction of sp³-hybridized carbons (Fsp3) is 0.391. The van der Waals surface area contributed by atoms with Crippen molar-refractivity contribution in [1.82, 2.24) is 19.9 Å². The van der Waals surface area contributed by atoms with Gasteiger partial charge in [-0.1, -0.05) is 49.8 Å². The molecule has 0 bridgehead atoms. The largest absolute Gasteiger partial charge is 0.388 e. The topological polar surface area (TPSA) is 118 Å². The number of aldehydes is 1. The molecule has 0 aliphatic carbocycles. The minimum absolute atomic E-state index is 0. The normalized spacial score (nSPS) is 8.06. The molecule has 190 valence electrons. The smallest absolute Gasteiger partial charge is 0.119 e. The SMILES string of the molecule is C=CCCCC(=N)N.C=CCCCc1n[c-]ccn1.Cl.II.O=CCCCc1n[c-]ccn1.[Y].[Y]. The summed E-state index contributed by atoms with van der Waals surface area (Å²) in [5.74, 6) is 1.90. The van der Waals surface area contributed by atoms with Gasteiger partial charge in [-0.15, -0.1) is 37.7 Å². The van der Waals surface area contributed by atoms with E-state index in [0.29, 0.717) is 12.8 Å². The summed E-state index contributed by atoms with van der Waals surface area (Å²) in [5, 5.41) is 6.82. The standard InChI is InChI=1S/C9H11N2.C8H9N2O.C6H12N2.ClH.I2.2Y/c1-2-3-4-6-9-10-7-5-8-11-9;11-7-2-1-4-8-9-5-3-6-10-8;1-2-3-4-5-6(7)8;;1-2;;/h2,5,7H,1,3-4,6H2;3,5,7H,1-2,4H2;2H,1,3-5H2,(H3,7,8);1H;;;/q2*-1;;;;;. The number of halogens is 3. The van der Waals surface area contributed by atoms with Crippen molar-refractivity contribution in [2.24, 2.45) is 5.73 Å².